The first kappa shape index (κ1) is 16.1. The number of nitrogens with zero attached hydrogens (tertiary/aromatic N) is 1. The van der Waals surface area contributed by atoms with Crippen LogP contribution in [0.25, 0.3) is 0 Å². The molecule has 0 bridgehead atoms. The molecule has 1 aromatic carbocycles. The van der Waals surface area contributed by atoms with Gasteiger partial charge in [-0.2, -0.15) is 4.31 Å². The van der Waals surface area contributed by atoms with Gasteiger partial charge < -0.3 is 4.42 Å². The maximum absolute atomic E-state index is 13.7. The van der Waals surface area contributed by atoms with Crippen LogP contribution in [-0.2, 0) is 16.6 Å². The van der Waals surface area contributed by atoms with Gasteiger partial charge >= 0.3 is 0 Å². The van der Waals surface area contributed by atoms with Crippen molar-refractivity contribution in [1.29, 1.82) is 0 Å². The van der Waals surface area contributed by atoms with Crippen molar-refractivity contribution in [3.05, 3.63) is 53.5 Å². The van der Waals surface area contributed by atoms with Crippen LogP contribution in [0.3, 0.4) is 0 Å². The zero-order valence-corrected chi connectivity index (χ0v) is 13.6. The largest absolute Gasteiger partial charge is 0.464 e. The molecule has 23 heavy (non-hydrogen) atoms. The molecule has 124 valence electrons. The van der Waals surface area contributed by atoms with Gasteiger partial charge in [0.15, 0.2) is 0 Å². The fourth-order valence-corrected chi connectivity index (χ4v) is 3.73. The normalized spacial score (nSPS) is 20.9. The van der Waals surface area contributed by atoms with Gasteiger partial charge in [-0.1, -0.05) is 6.92 Å². The maximum atomic E-state index is 13.7. The van der Waals surface area contributed by atoms with E-state index in [0.29, 0.717) is 23.7 Å². The molecule has 0 spiro atoms. The molecule has 2 atom stereocenters. The SMILES string of the molecule is C[C@@H]1C[C@H]1c1ccc(CN(C)S(=O)(=O)c2ccc(F)cc2F)o1. The first-order chi connectivity index (χ1) is 10.8. The van der Waals surface area contributed by atoms with Crippen LogP contribution in [-0.4, -0.2) is 19.8 Å². The summed E-state index contributed by atoms with van der Waals surface area (Å²) in [7, 11) is -2.73. The molecule has 1 saturated carbocycles. The Morgan fingerprint density at radius 3 is 2.57 bits per heavy atom. The van der Waals surface area contributed by atoms with E-state index in [9.17, 15) is 17.2 Å². The Hall–Kier alpha value is -1.73. The van der Waals surface area contributed by atoms with Crippen LogP contribution >= 0.6 is 0 Å². The van der Waals surface area contributed by atoms with Gasteiger partial charge in [0.1, 0.15) is 28.1 Å². The molecule has 3 rings (SSSR count). The Labute approximate surface area is 133 Å². The quantitative estimate of drug-likeness (QED) is 0.836. The predicted molar refractivity (Wildman–Crippen MR) is 80.2 cm³/mol. The second-order valence-corrected chi connectivity index (χ2v) is 7.97. The van der Waals surface area contributed by atoms with Gasteiger partial charge in [0, 0.05) is 19.0 Å². The number of benzene rings is 1. The monoisotopic (exact) mass is 341 g/mol. The van der Waals surface area contributed by atoms with Crippen molar-refractivity contribution in [3.8, 4) is 0 Å². The zero-order valence-electron chi connectivity index (χ0n) is 12.8. The number of hydrogen-bond acceptors (Lipinski definition) is 3. The van der Waals surface area contributed by atoms with Crippen LogP contribution in [0.1, 0.15) is 30.8 Å². The molecular formula is C16H17F2NO3S. The summed E-state index contributed by atoms with van der Waals surface area (Å²) in [5.74, 6) is 0.407. The molecule has 0 radical (unpaired) electrons. The summed E-state index contributed by atoms with van der Waals surface area (Å²) >= 11 is 0. The van der Waals surface area contributed by atoms with E-state index in [4.69, 9.17) is 4.42 Å². The van der Waals surface area contributed by atoms with Crippen LogP contribution in [0, 0.1) is 17.6 Å². The van der Waals surface area contributed by atoms with Gasteiger partial charge in [-0.05, 0) is 36.6 Å². The van der Waals surface area contributed by atoms with E-state index in [2.05, 4.69) is 6.92 Å². The van der Waals surface area contributed by atoms with E-state index in [0.717, 1.165) is 28.6 Å². The molecule has 0 N–H and O–H groups in total. The molecule has 0 amide bonds. The van der Waals surface area contributed by atoms with E-state index < -0.39 is 26.6 Å². The number of hydrogen-bond donors (Lipinski definition) is 0. The fourth-order valence-electron chi connectivity index (χ4n) is 2.55. The van der Waals surface area contributed by atoms with E-state index in [-0.39, 0.29) is 6.54 Å². The van der Waals surface area contributed by atoms with Gasteiger partial charge in [-0.25, -0.2) is 17.2 Å². The smallest absolute Gasteiger partial charge is 0.246 e. The van der Waals surface area contributed by atoms with E-state index in [1.54, 1.807) is 6.07 Å². The summed E-state index contributed by atoms with van der Waals surface area (Å²) in [5, 5.41) is 0. The number of halogens is 2. The van der Waals surface area contributed by atoms with E-state index in [1.807, 2.05) is 6.07 Å². The summed E-state index contributed by atoms with van der Waals surface area (Å²) in [6, 6.07) is 5.98. The molecule has 0 saturated heterocycles. The summed E-state index contributed by atoms with van der Waals surface area (Å²) in [6.45, 7) is 2.11. The Kier molecular flexibility index (Phi) is 4.01. The molecule has 4 nitrogen and oxygen atoms in total. The first-order valence-corrected chi connectivity index (χ1v) is 8.73. The van der Waals surface area contributed by atoms with Crippen molar-refractivity contribution in [3.63, 3.8) is 0 Å². The lowest BCUT2D eigenvalue weighted by Crippen LogP contribution is -2.27. The van der Waals surface area contributed by atoms with Crippen molar-refractivity contribution >= 4 is 10.0 Å². The maximum Gasteiger partial charge on any atom is 0.246 e. The highest BCUT2D eigenvalue weighted by atomic mass is 32.2. The molecule has 0 aliphatic heterocycles. The minimum absolute atomic E-state index is 0.0136. The molecular weight excluding hydrogens is 324 g/mol. The van der Waals surface area contributed by atoms with Gasteiger partial charge in [-0.3, -0.25) is 0 Å². The number of furan rings is 1. The highest BCUT2D eigenvalue weighted by Crippen LogP contribution is 2.47. The van der Waals surface area contributed by atoms with Crippen LogP contribution in [0.2, 0.25) is 0 Å². The third kappa shape index (κ3) is 3.16. The van der Waals surface area contributed by atoms with Gasteiger partial charge in [0.25, 0.3) is 0 Å². The third-order valence-electron chi connectivity index (χ3n) is 4.12. The van der Waals surface area contributed by atoms with Crippen molar-refractivity contribution in [1.82, 2.24) is 4.31 Å². The molecule has 2 aromatic rings. The van der Waals surface area contributed by atoms with Crippen molar-refractivity contribution in [2.24, 2.45) is 5.92 Å². The van der Waals surface area contributed by atoms with Crippen LogP contribution in [0.4, 0.5) is 8.78 Å². The van der Waals surface area contributed by atoms with E-state index in [1.165, 1.54) is 7.05 Å². The Bertz CT molecular complexity index is 832. The van der Waals surface area contributed by atoms with E-state index >= 15 is 0 Å². The fraction of sp³-hybridized carbons (Fsp3) is 0.375. The van der Waals surface area contributed by atoms with Gasteiger partial charge in [0.05, 0.1) is 6.54 Å². The van der Waals surface area contributed by atoms with Crippen molar-refractivity contribution in [2.75, 3.05) is 7.05 Å². The zero-order chi connectivity index (χ0) is 16.8. The van der Waals surface area contributed by atoms with Crippen LogP contribution in [0.15, 0.2) is 39.6 Å². The predicted octanol–water partition coefficient (Wildman–Crippen LogP) is 3.50. The highest BCUT2D eigenvalue weighted by Gasteiger charge is 2.36. The van der Waals surface area contributed by atoms with Crippen molar-refractivity contribution in [2.45, 2.75) is 30.7 Å². The lowest BCUT2D eigenvalue weighted by molar-refractivity contribution is 0.388. The lowest BCUT2D eigenvalue weighted by Gasteiger charge is -2.16. The summed E-state index contributed by atoms with van der Waals surface area (Å²) < 4.78 is 58.1. The average Bonchev–Trinajstić information content (AvgIpc) is 3.01. The molecule has 1 heterocycles. The minimum Gasteiger partial charge on any atom is -0.464 e. The lowest BCUT2D eigenvalue weighted by atomic mass is 10.3. The minimum atomic E-state index is -4.06. The summed E-state index contributed by atoms with van der Waals surface area (Å²) in [4.78, 5) is -0.552. The number of sulfonamides is 1. The Morgan fingerprint density at radius 2 is 1.96 bits per heavy atom. The molecule has 7 heteroatoms. The van der Waals surface area contributed by atoms with Crippen LogP contribution in [0.5, 0.6) is 0 Å². The highest BCUT2D eigenvalue weighted by molar-refractivity contribution is 7.89. The third-order valence-corrected chi connectivity index (χ3v) is 5.95. The standard InChI is InChI=1S/C16H17F2NO3S/c1-10-7-13(10)15-5-4-12(22-15)9-19(2)23(20,21)16-6-3-11(17)8-14(16)18/h3-6,8,10,13H,7,9H2,1-2H3/t10-,13-/m1/s1. The second-order valence-electron chi connectivity index (χ2n) is 5.96. The molecule has 1 aliphatic carbocycles. The topological polar surface area (TPSA) is 50.5 Å². The van der Waals surface area contributed by atoms with Crippen molar-refractivity contribution < 1.29 is 21.6 Å². The molecule has 1 aromatic heterocycles. The average molecular weight is 341 g/mol. The van der Waals surface area contributed by atoms with Gasteiger partial charge in [-0.15, -0.1) is 0 Å². The van der Waals surface area contributed by atoms with Crippen LogP contribution < -0.4 is 0 Å². The Morgan fingerprint density at radius 1 is 1.26 bits per heavy atom. The number of rotatable bonds is 5. The first-order valence-electron chi connectivity index (χ1n) is 7.29. The molecule has 0 unspecified atom stereocenters. The molecule has 1 aliphatic rings. The Balaban J connectivity index is 1.78. The molecule has 1 fully saturated rings. The summed E-state index contributed by atoms with van der Waals surface area (Å²) in [5.41, 5.74) is 0. The second kappa shape index (κ2) is 5.72. The van der Waals surface area contributed by atoms with Gasteiger partial charge in [0.2, 0.25) is 10.0 Å². The summed E-state index contributed by atoms with van der Waals surface area (Å²) in [6.07, 6.45) is 1.07.